The van der Waals surface area contributed by atoms with Crippen LogP contribution in [-0.4, -0.2) is 22.6 Å². The normalized spacial score (nSPS) is 11.0. The lowest BCUT2D eigenvalue weighted by molar-refractivity contribution is 0.402. The molecule has 0 aliphatic carbocycles. The van der Waals surface area contributed by atoms with E-state index in [4.69, 9.17) is 4.74 Å². The van der Waals surface area contributed by atoms with Crippen molar-refractivity contribution < 1.29 is 13.2 Å². The number of hydrogen-bond donors (Lipinski definition) is 2. The van der Waals surface area contributed by atoms with Gasteiger partial charge in [-0.3, -0.25) is 4.72 Å². The summed E-state index contributed by atoms with van der Waals surface area (Å²) in [6.45, 7) is 1.83. The van der Waals surface area contributed by atoms with Crippen LogP contribution in [0.25, 0.3) is 0 Å². The molecule has 2 N–H and O–H groups in total. The highest BCUT2D eigenvalue weighted by molar-refractivity contribution is 7.92. The summed E-state index contributed by atoms with van der Waals surface area (Å²) in [5.74, 6) is 0.319. The third-order valence-corrected chi connectivity index (χ3v) is 4.44. The van der Waals surface area contributed by atoms with Crippen molar-refractivity contribution in [2.75, 3.05) is 24.2 Å². The van der Waals surface area contributed by atoms with E-state index in [2.05, 4.69) is 10.0 Å². The number of nitrogens with one attached hydrogen (secondary N) is 2. The molecule has 0 aliphatic rings. The third kappa shape index (κ3) is 3.46. The van der Waals surface area contributed by atoms with Gasteiger partial charge in [0.05, 0.1) is 7.11 Å². The molecule has 0 bridgehead atoms. The predicted octanol–water partition coefficient (Wildman–Crippen LogP) is 2.85. The highest BCUT2D eigenvalue weighted by atomic mass is 32.2. The van der Waals surface area contributed by atoms with Crippen LogP contribution in [0.2, 0.25) is 0 Å². The molecule has 112 valence electrons. The number of anilines is 2. The van der Waals surface area contributed by atoms with Crippen LogP contribution in [0, 0.1) is 6.92 Å². The molecule has 2 rings (SSSR count). The van der Waals surface area contributed by atoms with Crippen LogP contribution in [0.5, 0.6) is 5.75 Å². The minimum absolute atomic E-state index is 0.127. The van der Waals surface area contributed by atoms with Crippen LogP contribution < -0.4 is 14.8 Å². The van der Waals surface area contributed by atoms with Gasteiger partial charge in [0.1, 0.15) is 10.6 Å². The van der Waals surface area contributed by atoms with Gasteiger partial charge in [0.25, 0.3) is 10.0 Å². The Morgan fingerprint density at radius 3 is 2.19 bits per heavy atom. The molecule has 5 nitrogen and oxygen atoms in total. The van der Waals surface area contributed by atoms with Gasteiger partial charge in [-0.2, -0.15) is 0 Å². The van der Waals surface area contributed by atoms with Crippen LogP contribution in [-0.2, 0) is 10.0 Å². The number of methoxy groups -OCH3 is 1. The first kappa shape index (κ1) is 15.2. The number of sulfonamides is 1. The van der Waals surface area contributed by atoms with Crippen molar-refractivity contribution in [3.8, 4) is 5.75 Å². The summed E-state index contributed by atoms with van der Waals surface area (Å²) in [4.78, 5) is 0.127. The number of rotatable bonds is 5. The largest absolute Gasteiger partial charge is 0.495 e. The van der Waals surface area contributed by atoms with E-state index in [0.717, 1.165) is 11.3 Å². The predicted molar refractivity (Wildman–Crippen MR) is 84.5 cm³/mol. The van der Waals surface area contributed by atoms with Gasteiger partial charge in [-0.05, 0) is 48.9 Å². The van der Waals surface area contributed by atoms with Gasteiger partial charge in [0.15, 0.2) is 0 Å². The fourth-order valence-electron chi connectivity index (χ4n) is 1.91. The first-order chi connectivity index (χ1) is 9.96. The average Bonchev–Trinajstić information content (AvgIpc) is 2.47. The molecule has 2 aromatic rings. The summed E-state index contributed by atoms with van der Waals surface area (Å²) >= 11 is 0. The van der Waals surface area contributed by atoms with Crippen molar-refractivity contribution in [1.29, 1.82) is 0 Å². The Bertz CT molecular complexity index is 725. The molecule has 0 fully saturated rings. The quantitative estimate of drug-likeness (QED) is 0.891. The molecule has 0 atom stereocenters. The summed E-state index contributed by atoms with van der Waals surface area (Å²) < 4.78 is 32.6. The topological polar surface area (TPSA) is 67.4 Å². The Morgan fingerprint density at radius 2 is 1.62 bits per heavy atom. The van der Waals surface area contributed by atoms with Gasteiger partial charge >= 0.3 is 0 Å². The summed E-state index contributed by atoms with van der Waals surface area (Å²) in [7, 11) is -0.441. The lowest BCUT2D eigenvalue weighted by atomic mass is 10.2. The monoisotopic (exact) mass is 306 g/mol. The summed E-state index contributed by atoms with van der Waals surface area (Å²) in [5, 5.41) is 2.98. The minimum atomic E-state index is -3.69. The number of hydrogen-bond acceptors (Lipinski definition) is 4. The third-order valence-electron chi connectivity index (χ3n) is 3.03. The first-order valence-corrected chi connectivity index (χ1v) is 7.90. The molecule has 0 unspecified atom stereocenters. The molecule has 2 aromatic carbocycles. The van der Waals surface area contributed by atoms with Crippen LogP contribution in [0.15, 0.2) is 47.4 Å². The Balaban J connectivity index is 2.35. The van der Waals surface area contributed by atoms with Crippen molar-refractivity contribution in [2.45, 2.75) is 11.8 Å². The van der Waals surface area contributed by atoms with Gasteiger partial charge in [0.2, 0.25) is 0 Å². The second kappa shape index (κ2) is 6.05. The van der Waals surface area contributed by atoms with E-state index in [9.17, 15) is 8.42 Å². The molecule has 0 radical (unpaired) electrons. The molecule has 0 saturated heterocycles. The molecule has 0 aliphatic heterocycles. The maximum atomic E-state index is 12.5. The molecule has 0 spiro atoms. The van der Waals surface area contributed by atoms with Crippen LogP contribution >= 0.6 is 0 Å². The van der Waals surface area contributed by atoms with Crippen molar-refractivity contribution in [3.63, 3.8) is 0 Å². The number of aryl methyl sites for hydroxylation is 1. The molecule has 6 heteroatoms. The fourth-order valence-corrected chi connectivity index (χ4v) is 3.22. The molecular formula is C15H18N2O3S. The number of ether oxygens (including phenoxy) is 1. The Labute approximate surface area is 125 Å². The molecule has 21 heavy (non-hydrogen) atoms. The summed E-state index contributed by atoms with van der Waals surface area (Å²) in [6, 6.07) is 12.0. The second-order valence-corrected chi connectivity index (χ2v) is 6.24. The summed E-state index contributed by atoms with van der Waals surface area (Å²) in [5.41, 5.74) is 2.25. The molecule has 0 heterocycles. The highest BCUT2D eigenvalue weighted by Gasteiger charge is 2.19. The Morgan fingerprint density at radius 1 is 1.00 bits per heavy atom. The maximum Gasteiger partial charge on any atom is 0.265 e. The fraction of sp³-hybridized carbons (Fsp3) is 0.200. The Kier molecular flexibility index (Phi) is 4.37. The minimum Gasteiger partial charge on any atom is -0.495 e. The maximum absolute atomic E-state index is 12.5. The average molecular weight is 306 g/mol. The molecular weight excluding hydrogens is 288 g/mol. The van der Waals surface area contributed by atoms with Gasteiger partial charge in [0, 0.05) is 18.4 Å². The van der Waals surface area contributed by atoms with E-state index in [-0.39, 0.29) is 4.90 Å². The van der Waals surface area contributed by atoms with Crippen LogP contribution in [0.4, 0.5) is 11.4 Å². The standard InChI is InChI=1S/C15H18N2O3S/c1-11-4-9-14(20-3)15(10-11)21(18,19)17-13-7-5-12(16-2)6-8-13/h4-10,16-17H,1-3H3. The van der Waals surface area contributed by atoms with Gasteiger partial charge in [-0.25, -0.2) is 8.42 Å². The molecule has 0 aromatic heterocycles. The van der Waals surface area contributed by atoms with Crippen molar-refractivity contribution in [1.82, 2.24) is 0 Å². The lowest BCUT2D eigenvalue weighted by Gasteiger charge is -2.12. The zero-order valence-electron chi connectivity index (χ0n) is 12.2. The zero-order valence-corrected chi connectivity index (χ0v) is 13.0. The zero-order chi connectivity index (χ0) is 15.5. The van der Waals surface area contributed by atoms with E-state index in [0.29, 0.717) is 11.4 Å². The van der Waals surface area contributed by atoms with Gasteiger partial charge < -0.3 is 10.1 Å². The van der Waals surface area contributed by atoms with Crippen LogP contribution in [0.1, 0.15) is 5.56 Å². The van der Waals surface area contributed by atoms with Crippen LogP contribution in [0.3, 0.4) is 0 Å². The molecule has 0 saturated carbocycles. The van der Waals surface area contributed by atoms with Crippen molar-refractivity contribution >= 4 is 21.4 Å². The first-order valence-electron chi connectivity index (χ1n) is 6.41. The SMILES string of the molecule is CNc1ccc(NS(=O)(=O)c2cc(C)ccc2OC)cc1. The second-order valence-electron chi connectivity index (χ2n) is 4.59. The van der Waals surface area contributed by atoms with E-state index in [1.165, 1.54) is 7.11 Å². The highest BCUT2D eigenvalue weighted by Crippen LogP contribution is 2.27. The van der Waals surface area contributed by atoms with Gasteiger partial charge in [-0.15, -0.1) is 0 Å². The smallest absolute Gasteiger partial charge is 0.265 e. The molecule has 0 amide bonds. The van der Waals surface area contributed by atoms with Crippen molar-refractivity contribution in [2.24, 2.45) is 0 Å². The van der Waals surface area contributed by atoms with E-state index in [1.807, 2.05) is 6.92 Å². The summed E-state index contributed by atoms with van der Waals surface area (Å²) in [6.07, 6.45) is 0. The van der Waals surface area contributed by atoms with Crippen molar-refractivity contribution in [3.05, 3.63) is 48.0 Å². The van der Waals surface area contributed by atoms with Gasteiger partial charge in [-0.1, -0.05) is 6.07 Å². The van der Waals surface area contributed by atoms with E-state index < -0.39 is 10.0 Å². The van der Waals surface area contributed by atoms with E-state index >= 15 is 0 Å². The lowest BCUT2D eigenvalue weighted by Crippen LogP contribution is -2.14. The number of benzene rings is 2. The Hall–Kier alpha value is -2.21. The van der Waals surface area contributed by atoms with E-state index in [1.54, 1.807) is 49.5 Å².